The van der Waals surface area contributed by atoms with Crippen LogP contribution in [0.4, 0.5) is 0 Å². The molecule has 0 aliphatic carbocycles. The fraction of sp³-hybridized carbons (Fsp3) is 0.300. The number of halogens is 2. The van der Waals surface area contributed by atoms with Gasteiger partial charge in [-0.2, -0.15) is 34.9 Å². The normalized spacial score (nSPS) is 10.1. The van der Waals surface area contributed by atoms with Gasteiger partial charge in [0.25, 0.3) is 0 Å². The molecule has 0 amide bonds. The first-order chi connectivity index (χ1) is 5.91. The Morgan fingerprint density at radius 3 is 1.69 bits per heavy atom. The van der Waals surface area contributed by atoms with Crippen molar-refractivity contribution in [2.24, 2.45) is 0 Å². The molecular formula is C10H13Cl2Ru-. The molecule has 0 aliphatic heterocycles. The number of benzene rings is 1. The third-order valence-corrected chi connectivity index (χ3v) is 1.28. The molecule has 76 valence electrons. The molecule has 0 nitrogen and oxygen atoms in total. The van der Waals surface area contributed by atoms with Crippen molar-refractivity contribution in [3.8, 4) is 0 Å². The van der Waals surface area contributed by atoms with Crippen molar-refractivity contribution in [1.29, 1.82) is 0 Å². The van der Waals surface area contributed by atoms with Crippen LogP contribution in [0.25, 0.3) is 0 Å². The van der Waals surface area contributed by atoms with Gasteiger partial charge in [0.15, 0.2) is 0 Å². The van der Waals surface area contributed by atoms with Gasteiger partial charge in [-0.3, -0.25) is 0 Å². The molecule has 1 rings (SSSR count). The van der Waals surface area contributed by atoms with Crippen LogP contribution in [0, 0.1) is 26.8 Å². The van der Waals surface area contributed by atoms with E-state index in [4.69, 9.17) is 19.4 Å². The van der Waals surface area contributed by atoms with Gasteiger partial charge in [-0.15, -0.1) is 0 Å². The molecular weight excluding hydrogens is 292 g/mol. The van der Waals surface area contributed by atoms with Crippen LogP contribution in [0.1, 0.15) is 16.7 Å². The standard InChI is InChI=1S/C9H11.CH2.2ClH.Ru/c1-7-4-8(2)6-9(3)5-7;;;;/h4-5H,1-3H3;1H2;2*1H;/q-1;;;;+2/p-2. The zero-order chi connectivity index (χ0) is 10.4. The monoisotopic (exact) mass is 305 g/mol. The fourth-order valence-corrected chi connectivity index (χ4v) is 1.11. The molecule has 13 heavy (non-hydrogen) atoms. The molecule has 0 atom stereocenters. The summed E-state index contributed by atoms with van der Waals surface area (Å²) < 4.78 is 0. The van der Waals surface area contributed by atoms with E-state index < -0.39 is 13.5 Å². The molecule has 1 aromatic carbocycles. The Bertz CT molecular complexity index is 240. The summed E-state index contributed by atoms with van der Waals surface area (Å²) in [4.78, 5) is 0. The van der Waals surface area contributed by atoms with E-state index in [1.54, 1.807) is 0 Å². The average Bonchev–Trinajstić information content (AvgIpc) is 1.80. The second kappa shape index (κ2) is 6.70. The molecule has 0 unspecified atom stereocenters. The molecule has 1 aromatic rings. The van der Waals surface area contributed by atoms with Crippen molar-refractivity contribution in [3.63, 3.8) is 0 Å². The van der Waals surface area contributed by atoms with E-state index in [-0.39, 0.29) is 0 Å². The first kappa shape index (κ1) is 13.3. The van der Waals surface area contributed by atoms with Gasteiger partial charge < -0.3 is 0 Å². The van der Waals surface area contributed by atoms with E-state index in [0.29, 0.717) is 0 Å². The van der Waals surface area contributed by atoms with E-state index in [2.05, 4.69) is 44.1 Å². The van der Waals surface area contributed by atoms with Gasteiger partial charge in [0.1, 0.15) is 0 Å². The first-order valence-electron chi connectivity index (χ1n) is 3.67. The maximum absolute atomic E-state index is 5.07. The van der Waals surface area contributed by atoms with Crippen molar-refractivity contribution >= 4 is 24.5 Å². The van der Waals surface area contributed by atoms with Gasteiger partial charge in [0.05, 0.1) is 0 Å². The summed E-state index contributed by atoms with van der Waals surface area (Å²) in [5.74, 6) is 0. The molecule has 0 saturated heterocycles. The minimum absolute atomic E-state index is 1.23. The summed E-state index contributed by atoms with van der Waals surface area (Å²) in [6.45, 7) is 6.24. The van der Waals surface area contributed by atoms with Crippen LogP contribution >= 0.6 is 19.4 Å². The molecule has 0 radical (unpaired) electrons. The molecule has 0 aliphatic rings. The summed E-state index contributed by atoms with van der Waals surface area (Å²) in [6, 6.07) is 7.47. The quantitative estimate of drug-likeness (QED) is 0.506. The zero-order valence-electron chi connectivity index (χ0n) is 7.97. The van der Waals surface area contributed by atoms with Crippen molar-refractivity contribution in [1.82, 2.24) is 0 Å². The summed E-state index contributed by atoms with van der Waals surface area (Å²) in [5, 5.41) is 3.31. The number of hydrogen-bond donors (Lipinski definition) is 0. The van der Waals surface area contributed by atoms with Gasteiger partial charge in [0.2, 0.25) is 0 Å². The molecule has 0 heterocycles. The van der Waals surface area contributed by atoms with Gasteiger partial charge in [-0.25, -0.2) is 0 Å². The van der Waals surface area contributed by atoms with Crippen LogP contribution in [0.3, 0.4) is 0 Å². The summed E-state index contributed by atoms with van der Waals surface area (Å²) >= 11 is -1.48. The summed E-state index contributed by atoms with van der Waals surface area (Å²) in [7, 11) is 10.1. The van der Waals surface area contributed by atoms with Crippen LogP contribution in [0.5, 0.6) is 0 Å². The second-order valence-corrected chi connectivity index (χ2v) is 8.57. The van der Waals surface area contributed by atoms with Crippen molar-refractivity contribution in [3.05, 3.63) is 34.9 Å². The van der Waals surface area contributed by atoms with E-state index in [1.165, 1.54) is 16.7 Å². The Morgan fingerprint density at radius 1 is 1.15 bits per heavy atom. The number of hydrogen-bond acceptors (Lipinski definition) is 0. The van der Waals surface area contributed by atoms with Crippen LogP contribution in [0.15, 0.2) is 12.1 Å². The molecule has 0 N–H and O–H groups in total. The molecule has 0 spiro atoms. The fourth-order valence-electron chi connectivity index (χ4n) is 1.11. The molecule has 3 heteroatoms. The van der Waals surface area contributed by atoms with Gasteiger partial charge in [0, 0.05) is 0 Å². The Kier molecular flexibility index (Phi) is 6.85. The number of aryl methyl sites for hydroxylation is 3. The zero-order valence-corrected chi connectivity index (χ0v) is 11.2. The van der Waals surface area contributed by atoms with E-state index in [1.807, 2.05) is 0 Å². The van der Waals surface area contributed by atoms with Crippen molar-refractivity contribution < 1.29 is 13.5 Å². The molecule has 0 saturated carbocycles. The Morgan fingerprint density at radius 2 is 1.46 bits per heavy atom. The Labute approximate surface area is 93.4 Å². The van der Waals surface area contributed by atoms with E-state index >= 15 is 0 Å². The predicted molar refractivity (Wildman–Crippen MR) is 58.3 cm³/mol. The predicted octanol–water partition coefficient (Wildman–Crippen LogP) is 3.76. The van der Waals surface area contributed by atoms with Crippen molar-refractivity contribution in [2.45, 2.75) is 20.8 Å². The third-order valence-electron chi connectivity index (χ3n) is 1.28. The summed E-state index contributed by atoms with van der Waals surface area (Å²) in [6.07, 6.45) is 0. The van der Waals surface area contributed by atoms with Crippen molar-refractivity contribution in [2.75, 3.05) is 0 Å². The maximum atomic E-state index is 5.07. The SMILES string of the molecule is Cc1[c-]c(C)cc(C)c1.[CH2]=[Ru]([Cl])[Cl]. The van der Waals surface area contributed by atoms with Crippen LogP contribution in [0.2, 0.25) is 0 Å². The summed E-state index contributed by atoms with van der Waals surface area (Å²) in [5.41, 5.74) is 3.78. The van der Waals surface area contributed by atoms with Gasteiger partial charge in [-0.05, 0) is 0 Å². The first-order valence-corrected chi connectivity index (χ1v) is 9.38. The Balaban J connectivity index is 0.000000310. The molecule has 0 bridgehead atoms. The van der Waals surface area contributed by atoms with Gasteiger partial charge >= 0.3 is 38.0 Å². The number of rotatable bonds is 0. The molecule has 0 fully saturated rings. The van der Waals surface area contributed by atoms with Crippen LogP contribution in [-0.2, 0) is 13.5 Å². The molecule has 0 aromatic heterocycles. The van der Waals surface area contributed by atoms with Crippen LogP contribution in [-0.4, -0.2) is 5.11 Å². The van der Waals surface area contributed by atoms with E-state index in [0.717, 1.165) is 0 Å². The van der Waals surface area contributed by atoms with E-state index in [9.17, 15) is 0 Å². The topological polar surface area (TPSA) is 0 Å². The van der Waals surface area contributed by atoms with Crippen LogP contribution < -0.4 is 0 Å². The van der Waals surface area contributed by atoms with Gasteiger partial charge in [-0.1, -0.05) is 20.8 Å². The Hall–Kier alpha value is 0.293. The second-order valence-electron chi connectivity index (χ2n) is 2.76. The average molecular weight is 305 g/mol. The third kappa shape index (κ3) is 8.62. The minimum atomic E-state index is -1.48.